The van der Waals surface area contributed by atoms with Gasteiger partial charge < -0.3 is 9.64 Å². The highest BCUT2D eigenvalue weighted by Gasteiger charge is 2.34. The number of para-hydroxylation sites is 1. The average Bonchev–Trinajstić information content (AvgIpc) is 3.20. The summed E-state index contributed by atoms with van der Waals surface area (Å²) in [7, 11) is 1.74. The second-order valence-corrected chi connectivity index (χ2v) is 10.4. The van der Waals surface area contributed by atoms with Gasteiger partial charge in [0.1, 0.15) is 5.75 Å². The van der Waals surface area contributed by atoms with Crippen molar-refractivity contribution >= 4 is 5.91 Å². The van der Waals surface area contributed by atoms with Crippen molar-refractivity contribution in [1.29, 1.82) is 0 Å². The second-order valence-electron chi connectivity index (χ2n) is 10.4. The SMILES string of the molecule is COc1ccccc1CCC1CCN(C(=O)c2n[nH]c3c2CC(C(C)(C)C)CC3)CC1. The molecule has 1 atom stereocenters. The van der Waals surface area contributed by atoms with Crippen LogP contribution in [0.5, 0.6) is 5.75 Å². The third-order valence-corrected chi connectivity index (χ3v) is 7.49. The molecule has 5 heteroatoms. The largest absolute Gasteiger partial charge is 0.496 e. The molecule has 1 amide bonds. The molecule has 5 nitrogen and oxygen atoms in total. The maximum absolute atomic E-state index is 13.3. The van der Waals surface area contributed by atoms with Crippen molar-refractivity contribution in [3.8, 4) is 5.75 Å². The maximum Gasteiger partial charge on any atom is 0.274 e. The zero-order chi connectivity index (χ0) is 22.0. The number of amides is 1. The summed E-state index contributed by atoms with van der Waals surface area (Å²) in [5.74, 6) is 2.36. The lowest BCUT2D eigenvalue weighted by atomic mass is 9.71. The van der Waals surface area contributed by atoms with E-state index in [0.29, 0.717) is 17.5 Å². The van der Waals surface area contributed by atoms with E-state index < -0.39 is 0 Å². The summed E-state index contributed by atoms with van der Waals surface area (Å²) in [6.07, 6.45) is 7.45. The number of H-pyrrole nitrogens is 1. The Morgan fingerprint density at radius 3 is 2.65 bits per heavy atom. The van der Waals surface area contributed by atoms with Crippen molar-refractivity contribution in [3.63, 3.8) is 0 Å². The van der Waals surface area contributed by atoms with Gasteiger partial charge in [-0.2, -0.15) is 5.10 Å². The Balaban J connectivity index is 1.34. The van der Waals surface area contributed by atoms with Gasteiger partial charge in [-0.3, -0.25) is 9.89 Å². The fraction of sp³-hybridized carbons (Fsp3) is 0.615. The van der Waals surface area contributed by atoms with Crippen LogP contribution in [0.25, 0.3) is 0 Å². The number of hydrogen-bond acceptors (Lipinski definition) is 3. The van der Waals surface area contributed by atoms with Gasteiger partial charge in [0, 0.05) is 24.3 Å². The first-order valence-electron chi connectivity index (χ1n) is 11.8. The molecule has 1 aromatic carbocycles. The fourth-order valence-electron chi connectivity index (χ4n) is 5.25. The van der Waals surface area contributed by atoms with E-state index in [1.54, 1.807) is 7.11 Å². The van der Waals surface area contributed by atoms with Crippen LogP contribution in [0.3, 0.4) is 0 Å². The molecule has 1 aliphatic heterocycles. The Morgan fingerprint density at radius 1 is 1.19 bits per heavy atom. The van der Waals surface area contributed by atoms with Gasteiger partial charge in [-0.1, -0.05) is 39.0 Å². The molecular weight excluding hydrogens is 386 g/mol. The number of rotatable bonds is 5. The highest BCUT2D eigenvalue weighted by atomic mass is 16.5. The van der Waals surface area contributed by atoms with E-state index in [1.807, 2.05) is 17.0 Å². The van der Waals surface area contributed by atoms with Crippen molar-refractivity contribution in [2.45, 2.75) is 65.7 Å². The van der Waals surface area contributed by atoms with Gasteiger partial charge in [0.2, 0.25) is 0 Å². The van der Waals surface area contributed by atoms with Crippen LogP contribution >= 0.6 is 0 Å². The summed E-state index contributed by atoms with van der Waals surface area (Å²) in [6.45, 7) is 8.58. The number of nitrogens with zero attached hydrogens (tertiary/aromatic N) is 2. The lowest BCUT2D eigenvalue weighted by molar-refractivity contribution is 0.0678. The van der Waals surface area contributed by atoms with E-state index in [-0.39, 0.29) is 11.3 Å². The number of carbonyl (C=O) groups is 1. The predicted molar refractivity (Wildman–Crippen MR) is 124 cm³/mol. The Hall–Kier alpha value is -2.30. The first-order chi connectivity index (χ1) is 14.9. The van der Waals surface area contributed by atoms with Crippen molar-refractivity contribution in [1.82, 2.24) is 15.1 Å². The van der Waals surface area contributed by atoms with Gasteiger partial charge in [0.15, 0.2) is 5.69 Å². The number of carbonyl (C=O) groups excluding carboxylic acids is 1. The smallest absolute Gasteiger partial charge is 0.274 e. The van der Waals surface area contributed by atoms with Crippen LogP contribution in [-0.4, -0.2) is 41.2 Å². The highest BCUT2D eigenvalue weighted by Crippen LogP contribution is 2.38. The Kier molecular flexibility index (Phi) is 6.40. The van der Waals surface area contributed by atoms with Crippen LogP contribution in [0.1, 0.15) is 73.8 Å². The van der Waals surface area contributed by atoms with Gasteiger partial charge in [-0.25, -0.2) is 0 Å². The summed E-state index contributed by atoms with van der Waals surface area (Å²) < 4.78 is 5.49. The molecule has 168 valence electrons. The first kappa shape index (κ1) is 21.9. The molecule has 1 aromatic heterocycles. The van der Waals surface area contributed by atoms with Crippen LogP contribution in [0.2, 0.25) is 0 Å². The van der Waals surface area contributed by atoms with Crippen molar-refractivity contribution in [2.24, 2.45) is 17.3 Å². The molecule has 1 fully saturated rings. The average molecular weight is 424 g/mol. The maximum atomic E-state index is 13.3. The molecule has 4 rings (SSSR count). The minimum absolute atomic E-state index is 0.121. The normalized spacial score (nSPS) is 19.9. The quantitative estimate of drug-likeness (QED) is 0.732. The molecule has 2 aliphatic rings. The van der Waals surface area contributed by atoms with Crippen LogP contribution in [0, 0.1) is 17.3 Å². The third-order valence-electron chi connectivity index (χ3n) is 7.49. The zero-order valence-electron chi connectivity index (χ0n) is 19.5. The van der Waals surface area contributed by atoms with Crippen molar-refractivity contribution < 1.29 is 9.53 Å². The van der Waals surface area contributed by atoms with Crippen LogP contribution in [-0.2, 0) is 19.3 Å². The molecule has 2 heterocycles. The van der Waals surface area contributed by atoms with Gasteiger partial charge in [-0.15, -0.1) is 0 Å². The Labute approximate surface area is 186 Å². The van der Waals surface area contributed by atoms with E-state index in [0.717, 1.165) is 57.4 Å². The number of fused-ring (bicyclic) bond motifs is 1. The number of aryl methyl sites for hydroxylation is 2. The summed E-state index contributed by atoms with van der Waals surface area (Å²) in [4.78, 5) is 15.3. The van der Waals surface area contributed by atoms with Crippen LogP contribution < -0.4 is 4.74 Å². The van der Waals surface area contributed by atoms with E-state index in [9.17, 15) is 4.79 Å². The molecule has 1 unspecified atom stereocenters. The molecule has 2 aromatic rings. The molecule has 0 radical (unpaired) electrons. The van der Waals surface area contributed by atoms with E-state index in [4.69, 9.17) is 4.74 Å². The molecule has 0 spiro atoms. The Morgan fingerprint density at radius 2 is 1.94 bits per heavy atom. The van der Waals surface area contributed by atoms with Gasteiger partial charge in [0.05, 0.1) is 7.11 Å². The molecule has 31 heavy (non-hydrogen) atoms. The minimum atomic E-state index is 0.121. The third kappa shape index (κ3) is 4.81. The summed E-state index contributed by atoms with van der Waals surface area (Å²) in [5.41, 5.74) is 4.57. The van der Waals surface area contributed by atoms with Crippen molar-refractivity contribution in [2.75, 3.05) is 20.2 Å². The minimum Gasteiger partial charge on any atom is -0.496 e. The van der Waals surface area contributed by atoms with Crippen LogP contribution in [0.4, 0.5) is 0 Å². The lowest BCUT2D eigenvalue weighted by Gasteiger charge is -2.34. The van der Waals surface area contributed by atoms with Crippen LogP contribution in [0.15, 0.2) is 24.3 Å². The number of aromatic amines is 1. The van der Waals surface area contributed by atoms with E-state index >= 15 is 0 Å². The summed E-state index contributed by atoms with van der Waals surface area (Å²) in [6, 6.07) is 8.28. The Bertz CT molecular complexity index is 904. The number of benzene rings is 1. The summed E-state index contributed by atoms with van der Waals surface area (Å²) in [5, 5.41) is 7.64. The highest BCUT2D eigenvalue weighted by molar-refractivity contribution is 5.94. The predicted octanol–water partition coefficient (Wildman–Crippen LogP) is 5.05. The number of ether oxygens (including phenoxy) is 1. The zero-order valence-corrected chi connectivity index (χ0v) is 19.5. The van der Waals surface area contributed by atoms with Gasteiger partial charge in [0.25, 0.3) is 5.91 Å². The molecule has 0 saturated carbocycles. The van der Waals surface area contributed by atoms with E-state index in [1.165, 1.54) is 23.2 Å². The summed E-state index contributed by atoms with van der Waals surface area (Å²) >= 11 is 0. The van der Waals surface area contributed by atoms with E-state index in [2.05, 4.69) is 43.1 Å². The first-order valence-corrected chi connectivity index (χ1v) is 11.8. The molecule has 1 saturated heterocycles. The fourth-order valence-corrected chi connectivity index (χ4v) is 5.25. The number of methoxy groups -OCH3 is 1. The lowest BCUT2D eigenvalue weighted by Crippen LogP contribution is -2.39. The topological polar surface area (TPSA) is 58.2 Å². The molecule has 1 aliphatic carbocycles. The monoisotopic (exact) mass is 423 g/mol. The number of nitrogens with one attached hydrogen (secondary N) is 1. The second kappa shape index (κ2) is 9.05. The number of aromatic nitrogens is 2. The van der Waals surface area contributed by atoms with Gasteiger partial charge in [-0.05, 0) is 73.8 Å². The van der Waals surface area contributed by atoms with Crippen molar-refractivity contribution in [3.05, 3.63) is 46.8 Å². The number of likely N-dealkylation sites (tertiary alicyclic amines) is 1. The number of hydrogen-bond donors (Lipinski definition) is 1. The molecular formula is C26H37N3O2. The molecule has 1 N–H and O–H groups in total. The molecule has 0 bridgehead atoms. The van der Waals surface area contributed by atoms with Gasteiger partial charge >= 0.3 is 0 Å². The standard InChI is InChI=1S/C26H37N3O2/c1-26(2,3)20-11-12-22-21(17-20)24(28-27-22)25(30)29-15-13-18(14-16-29)9-10-19-7-5-6-8-23(19)31-4/h5-8,18,20H,9-17H2,1-4H3,(H,27,28). The number of piperidine rings is 1.